The van der Waals surface area contributed by atoms with Gasteiger partial charge in [-0.1, -0.05) is 12.1 Å². The Kier molecular flexibility index (Phi) is 1.35. The van der Waals surface area contributed by atoms with E-state index in [-0.39, 0.29) is 0 Å². The van der Waals surface area contributed by atoms with Crippen LogP contribution in [0.2, 0.25) is 0 Å². The van der Waals surface area contributed by atoms with Crippen molar-refractivity contribution in [3.8, 4) is 11.3 Å². The molecule has 0 aliphatic rings. The first-order valence-corrected chi connectivity index (χ1v) is 4.02. The third-order valence-corrected chi connectivity index (χ3v) is 1.98. The van der Waals surface area contributed by atoms with E-state index in [9.17, 15) is 0 Å². The maximum Gasteiger partial charge on any atom is 0.152 e. The van der Waals surface area contributed by atoms with E-state index in [0.29, 0.717) is 5.69 Å². The van der Waals surface area contributed by atoms with E-state index in [0.717, 1.165) is 16.6 Å². The predicted octanol–water partition coefficient (Wildman–Crippen LogP) is 1.01. The Morgan fingerprint density at radius 2 is 2.21 bits per heavy atom. The van der Waals surface area contributed by atoms with Crippen molar-refractivity contribution in [2.45, 2.75) is 0 Å². The van der Waals surface area contributed by atoms with Crippen molar-refractivity contribution in [1.29, 1.82) is 0 Å². The van der Waals surface area contributed by atoms with Crippen LogP contribution in [0, 0.1) is 0 Å². The van der Waals surface area contributed by atoms with Gasteiger partial charge in [0, 0.05) is 10.8 Å². The number of hydrogen-bond acceptors (Lipinski definition) is 5. The van der Waals surface area contributed by atoms with Crippen LogP contribution < -0.4 is 0 Å². The molecule has 14 heavy (non-hydrogen) atoms. The zero-order valence-corrected chi connectivity index (χ0v) is 7.01. The van der Waals surface area contributed by atoms with E-state index >= 15 is 0 Å². The van der Waals surface area contributed by atoms with Crippen molar-refractivity contribution < 1.29 is 4.52 Å². The molecule has 0 bridgehead atoms. The van der Waals surface area contributed by atoms with Crippen molar-refractivity contribution in [3.05, 3.63) is 24.5 Å². The van der Waals surface area contributed by atoms with Crippen LogP contribution in [0.3, 0.4) is 0 Å². The maximum absolute atomic E-state index is 4.67. The Bertz CT molecular complexity index is 556. The molecule has 0 unspecified atom stereocenters. The van der Waals surface area contributed by atoms with Gasteiger partial charge in [0.05, 0.1) is 0 Å². The molecular weight excluding hydrogens is 182 g/mol. The molecule has 0 saturated heterocycles. The number of aromatic nitrogens is 5. The number of para-hydroxylation sites is 1. The molecular formula is C8H5N5O. The summed E-state index contributed by atoms with van der Waals surface area (Å²) >= 11 is 0. The van der Waals surface area contributed by atoms with Crippen LogP contribution in [0.4, 0.5) is 0 Å². The van der Waals surface area contributed by atoms with Gasteiger partial charge in [-0.2, -0.15) is 15.4 Å². The van der Waals surface area contributed by atoms with Crippen LogP contribution in [0.15, 0.2) is 29.0 Å². The van der Waals surface area contributed by atoms with Crippen LogP contribution in [0.1, 0.15) is 0 Å². The summed E-state index contributed by atoms with van der Waals surface area (Å²) in [6.07, 6.45) is 1.48. The summed E-state index contributed by atoms with van der Waals surface area (Å²) in [7, 11) is 0. The smallest absolute Gasteiger partial charge is 0.152 e. The summed E-state index contributed by atoms with van der Waals surface area (Å²) < 4.78 is 4.67. The highest BCUT2D eigenvalue weighted by Crippen LogP contribution is 2.23. The minimum absolute atomic E-state index is 0.657. The summed E-state index contributed by atoms with van der Waals surface area (Å²) in [5.41, 5.74) is 3.08. The van der Waals surface area contributed by atoms with Gasteiger partial charge in [-0.05, 0) is 6.07 Å². The molecule has 0 spiro atoms. The van der Waals surface area contributed by atoms with E-state index in [2.05, 4.69) is 30.3 Å². The first-order valence-electron chi connectivity index (χ1n) is 4.02. The van der Waals surface area contributed by atoms with E-state index in [1.807, 2.05) is 18.2 Å². The van der Waals surface area contributed by atoms with E-state index in [4.69, 9.17) is 0 Å². The molecule has 0 fully saturated rings. The van der Waals surface area contributed by atoms with Crippen molar-refractivity contribution in [1.82, 2.24) is 25.8 Å². The number of hydrogen-bond donors (Lipinski definition) is 1. The van der Waals surface area contributed by atoms with Gasteiger partial charge in [-0.3, -0.25) is 0 Å². The first-order chi connectivity index (χ1) is 6.95. The highest BCUT2D eigenvalue weighted by atomic mass is 16.5. The Balaban J connectivity index is 2.36. The largest absolute Gasteiger partial charge is 0.345 e. The molecule has 0 aliphatic heterocycles. The van der Waals surface area contributed by atoms with Crippen molar-refractivity contribution >= 4 is 11.0 Å². The number of benzene rings is 1. The van der Waals surface area contributed by atoms with Gasteiger partial charge in [0.25, 0.3) is 0 Å². The zero-order valence-electron chi connectivity index (χ0n) is 7.01. The standard InChI is InChI=1S/C8H5N5O/c1-2-5(7-4-14-13-10-7)8-6(3-1)9-12-11-8/h1-4H,(H,9,11,12). The lowest BCUT2D eigenvalue weighted by atomic mass is 10.1. The number of nitrogens with one attached hydrogen (secondary N) is 1. The molecule has 1 aromatic carbocycles. The number of aromatic amines is 1. The van der Waals surface area contributed by atoms with Gasteiger partial charge in [-0.15, -0.1) is 5.10 Å². The summed E-state index contributed by atoms with van der Waals surface area (Å²) in [5.74, 6) is 0. The fourth-order valence-electron chi connectivity index (χ4n) is 1.36. The minimum atomic E-state index is 0.657. The minimum Gasteiger partial charge on any atom is -0.345 e. The molecule has 0 saturated carbocycles. The maximum atomic E-state index is 4.67. The van der Waals surface area contributed by atoms with Gasteiger partial charge >= 0.3 is 0 Å². The highest BCUT2D eigenvalue weighted by Gasteiger charge is 2.09. The summed E-state index contributed by atoms with van der Waals surface area (Å²) in [6, 6.07) is 5.65. The van der Waals surface area contributed by atoms with Gasteiger partial charge in [0.1, 0.15) is 16.7 Å². The van der Waals surface area contributed by atoms with Crippen molar-refractivity contribution in [2.24, 2.45) is 0 Å². The summed E-state index contributed by atoms with van der Waals surface area (Å²) in [6.45, 7) is 0. The van der Waals surface area contributed by atoms with E-state index < -0.39 is 0 Å². The fraction of sp³-hybridized carbons (Fsp3) is 0. The molecule has 3 rings (SSSR count). The van der Waals surface area contributed by atoms with Crippen molar-refractivity contribution in [3.63, 3.8) is 0 Å². The second kappa shape index (κ2) is 2.63. The zero-order chi connectivity index (χ0) is 9.38. The fourth-order valence-corrected chi connectivity index (χ4v) is 1.36. The van der Waals surface area contributed by atoms with Gasteiger partial charge in [0.15, 0.2) is 6.26 Å². The average molecular weight is 187 g/mol. The quantitative estimate of drug-likeness (QED) is 0.614. The van der Waals surface area contributed by atoms with Crippen molar-refractivity contribution in [2.75, 3.05) is 0 Å². The molecule has 2 heterocycles. The third-order valence-electron chi connectivity index (χ3n) is 1.98. The lowest BCUT2D eigenvalue weighted by Crippen LogP contribution is -1.80. The van der Waals surface area contributed by atoms with Crippen LogP contribution in [-0.2, 0) is 0 Å². The lowest BCUT2D eigenvalue weighted by Gasteiger charge is -1.93. The number of fused-ring (bicyclic) bond motifs is 1. The number of H-pyrrole nitrogens is 1. The first kappa shape index (κ1) is 7.19. The number of rotatable bonds is 1. The van der Waals surface area contributed by atoms with Crippen LogP contribution in [0.5, 0.6) is 0 Å². The second-order valence-corrected chi connectivity index (χ2v) is 2.79. The predicted molar refractivity (Wildman–Crippen MR) is 47.2 cm³/mol. The second-order valence-electron chi connectivity index (χ2n) is 2.79. The molecule has 0 atom stereocenters. The van der Waals surface area contributed by atoms with E-state index in [1.54, 1.807) is 0 Å². The normalized spacial score (nSPS) is 10.9. The SMILES string of the molecule is c1cc(-c2conn2)c2n[nH]nc2c1. The Morgan fingerprint density at radius 1 is 1.21 bits per heavy atom. The van der Waals surface area contributed by atoms with Gasteiger partial charge in [0.2, 0.25) is 0 Å². The average Bonchev–Trinajstić information content (AvgIpc) is 2.88. The molecule has 0 aliphatic carbocycles. The molecule has 6 nitrogen and oxygen atoms in total. The molecule has 2 aromatic heterocycles. The molecule has 0 radical (unpaired) electrons. The monoisotopic (exact) mass is 187 g/mol. The molecule has 6 heteroatoms. The summed E-state index contributed by atoms with van der Waals surface area (Å²) in [4.78, 5) is 0. The molecule has 68 valence electrons. The van der Waals surface area contributed by atoms with Crippen LogP contribution >= 0.6 is 0 Å². The Labute approximate surface area is 77.9 Å². The number of nitrogens with zero attached hydrogens (tertiary/aromatic N) is 4. The van der Waals surface area contributed by atoms with Crippen LogP contribution in [0.25, 0.3) is 22.3 Å². The molecule has 3 aromatic rings. The third kappa shape index (κ3) is 0.905. The Morgan fingerprint density at radius 3 is 3.07 bits per heavy atom. The van der Waals surface area contributed by atoms with E-state index in [1.165, 1.54) is 6.26 Å². The highest BCUT2D eigenvalue weighted by molar-refractivity contribution is 5.89. The summed E-state index contributed by atoms with van der Waals surface area (Å²) in [5, 5.41) is 17.8. The van der Waals surface area contributed by atoms with Gasteiger partial charge in [-0.25, -0.2) is 0 Å². The molecule has 0 amide bonds. The van der Waals surface area contributed by atoms with Crippen LogP contribution in [-0.4, -0.2) is 25.8 Å². The topological polar surface area (TPSA) is 80.5 Å². The Hall–Kier alpha value is -2.24. The lowest BCUT2D eigenvalue weighted by molar-refractivity contribution is 0.393. The van der Waals surface area contributed by atoms with Gasteiger partial charge < -0.3 is 4.52 Å². The molecule has 1 N–H and O–H groups in total.